The van der Waals surface area contributed by atoms with E-state index in [0.717, 1.165) is 31.5 Å². The van der Waals surface area contributed by atoms with Gasteiger partial charge in [0.25, 0.3) is 5.91 Å². The van der Waals surface area contributed by atoms with E-state index >= 15 is 0 Å². The molecule has 0 radical (unpaired) electrons. The fourth-order valence-corrected chi connectivity index (χ4v) is 1.50. The molecule has 5 heteroatoms. The quantitative estimate of drug-likeness (QED) is 0.797. The summed E-state index contributed by atoms with van der Waals surface area (Å²) < 4.78 is 0. The lowest BCUT2D eigenvalue weighted by atomic mass is 9.95. The Morgan fingerprint density at radius 1 is 1.35 bits per heavy atom. The van der Waals surface area contributed by atoms with E-state index in [4.69, 9.17) is 0 Å². The van der Waals surface area contributed by atoms with E-state index in [9.17, 15) is 4.79 Å². The second-order valence-electron chi connectivity index (χ2n) is 4.58. The maximum Gasteiger partial charge on any atom is 0.291 e. The average molecular weight is 238 g/mol. The molecule has 96 valence electrons. The largest absolute Gasteiger partial charge is 0.344 e. The zero-order valence-corrected chi connectivity index (χ0v) is 11.1. The van der Waals surface area contributed by atoms with Gasteiger partial charge in [0.2, 0.25) is 5.82 Å². The minimum Gasteiger partial charge on any atom is -0.344 e. The monoisotopic (exact) mass is 238 g/mol. The second-order valence-corrected chi connectivity index (χ2v) is 4.58. The molecule has 0 atom stereocenters. The molecule has 0 unspecified atom stereocenters. The third-order valence-corrected chi connectivity index (χ3v) is 3.20. The van der Waals surface area contributed by atoms with Crippen LogP contribution in [0.2, 0.25) is 0 Å². The summed E-state index contributed by atoms with van der Waals surface area (Å²) in [5, 5.41) is 9.71. The van der Waals surface area contributed by atoms with Gasteiger partial charge in [-0.3, -0.25) is 9.89 Å². The third-order valence-electron chi connectivity index (χ3n) is 3.20. The molecule has 1 aromatic heterocycles. The van der Waals surface area contributed by atoms with Crippen molar-refractivity contribution in [2.24, 2.45) is 0 Å². The number of nitrogens with one attached hydrogen (secondary N) is 2. The number of rotatable bonds is 6. The normalized spacial score (nSPS) is 11.5. The van der Waals surface area contributed by atoms with Crippen molar-refractivity contribution in [3.05, 3.63) is 11.6 Å². The van der Waals surface area contributed by atoms with Crippen molar-refractivity contribution in [2.45, 2.75) is 58.9 Å². The fraction of sp³-hybridized carbons (Fsp3) is 0.750. The molecule has 1 amide bonds. The Kier molecular flexibility index (Phi) is 4.66. The minimum absolute atomic E-state index is 0.178. The number of nitrogens with zero attached hydrogens (tertiary/aromatic N) is 2. The van der Waals surface area contributed by atoms with Gasteiger partial charge in [0.05, 0.1) is 0 Å². The van der Waals surface area contributed by atoms with Crippen LogP contribution in [0.4, 0.5) is 0 Å². The molecule has 0 saturated carbocycles. The van der Waals surface area contributed by atoms with Crippen LogP contribution in [0.3, 0.4) is 0 Å². The molecule has 0 aliphatic heterocycles. The van der Waals surface area contributed by atoms with Gasteiger partial charge >= 0.3 is 0 Å². The molecule has 0 fully saturated rings. The first-order chi connectivity index (χ1) is 8.04. The zero-order chi connectivity index (χ0) is 12.9. The molecule has 5 nitrogen and oxygen atoms in total. The summed E-state index contributed by atoms with van der Waals surface area (Å²) in [6.45, 7) is 8.21. The predicted molar refractivity (Wildman–Crippen MR) is 66.8 cm³/mol. The smallest absolute Gasteiger partial charge is 0.291 e. The molecular weight excluding hydrogens is 216 g/mol. The summed E-state index contributed by atoms with van der Waals surface area (Å²) in [4.78, 5) is 16.1. The van der Waals surface area contributed by atoms with Crippen LogP contribution in [-0.4, -0.2) is 26.6 Å². The van der Waals surface area contributed by atoms with Crippen LogP contribution < -0.4 is 5.32 Å². The summed E-state index contributed by atoms with van der Waals surface area (Å²) in [5.41, 5.74) is -0.178. The molecule has 2 N–H and O–H groups in total. The Balaban J connectivity index is 2.69. The summed E-state index contributed by atoms with van der Waals surface area (Å²) in [5.74, 6) is 0.809. The van der Waals surface area contributed by atoms with Crippen LogP contribution in [0.5, 0.6) is 0 Å². The molecule has 0 aliphatic carbocycles. The lowest BCUT2D eigenvalue weighted by molar-refractivity contribution is 0.0890. The van der Waals surface area contributed by atoms with E-state index in [-0.39, 0.29) is 17.3 Å². The molecule has 1 aromatic rings. The van der Waals surface area contributed by atoms with Crippen LogP contribution in [0, 0.1) is 0 Å². The first kappa shape index (κ1) is 13.7. The lowest BCUT2D eigenvalue weighted by Crippen LogP contribution is -2.45. The number of aryl methyl sites for hydroxylation is 1. The number of aromatic nitrogens is 3. The van der Waals surface area contributed by atoms with Gasteiger partial charge in [-0.1, -0.05) is 20.8 Å². The van der Waals surface area contributed by atoms with E-state index in [2.05, 4.69) is 41.3 Å². The minimum atomic E-state index is -0.199. The number of carbonyl (C=O) groups excluding carboxylic acids is 1. The Bertz CT molecular complexity index is 368. The highest BCUT2D eigenvalue weighted by atomic mass is 16.2. The van der Waals surface area contributed by atoms with Crippen molar-refractivity contribution >= 4 is 5.91 Å². The van der Waals surface area contributed by atoms with Crippen molar-refractivity contribution in [3.63, 3.8) is 0 Å². The molecular formula is C12H22N4O. The Labute approximate surface area is 102 Å². The van der Waals surface area contributed by atoms with Crippen LogP contribution in [0.15, 0.2) is 0 Å². The van der Waals surface area contributed by atoms with Crippen molar-refractivity contribution in [1.29, 1.82) is 0 Å². The first-order valence-electron chi connectivity index (χ1n) is 6.28. The molecule has 0 aliphatic rings. The number of amides is 1. The van der Waals surface area contributed by atoms with Crippen LogP contribution in [0.1, 0.15) is 63.4 Å². The number of aromatic amines is 1. The summed E-state index contributed by atoms with van der Waals surface area (Å²) >= 11 is 0. The number of hydrogen-bond acceptors (Lipinski definition) is 3. The van der Waals surface area contributed by atoms with Gasteiger partial charge in [-0.2, -0.15) is 0 Å². The molecule has 17 heavy (non-hydrogen) atoms. The Hall–Kier alpha value is -1.39. The second kappa shape index (κ2) is 5.80. The first-order valence-corrected chi connectivity index (χ1v) is 6.28. The van der Waals surface area contributed by atoms with Gasteiger partial charge in [-0.15, -0.1) is 5.10 Å². The SMILES string of the molecule is CCCc1nc(C(=O)NC(C)(CC)CC)n[nH]1. The fourth-order valence-electron chi connectivity index (χ4n) is 1.50. The van der Waals surface area contributed by atoms with Crippen LogP contribution in [0.25, 0.3) is 0 Å². The van der Waals surface area contributed by atoms with Gasteiger partial charge in [0, 0.05) is 12.0 Å². The summed E-state index contributed by atoms with van der Waals surface area (Å²) in [6, 6.07) is 0. The van der Waals surface area contributed by atoms with Gasteiger partial charge in [-0.05, 0) is 26.2 Å². The maximum absolute atomic E-state index is 11.9. The molecule has 0 bridgehead atoms. The topological polar surface area (TPSA) is 70.7 Å². The summed E-state index contributed by atoms with van der Waals surface area (Å²) in [6.07, 6.45) is 3.58. The number of carbonyl (C=O) groups is 1. The number of hydrogen-bond donors (Lipinski definition) is 2. The third kappa shape index (κ3) is 3.54. The molecule has 0 aromatic carbocycles. The van der Waals surface area contributed by atoms with Gasteiger partial charge < -0.3 is 5.32 Å². The van der Waals surface area contributed by atoms with Crippen molar-refractivity contribution in [1.82, 2.24) is 20.5 Å². The van der Waals surface area contributed by atoms with E-state index in [1.165, 1.54) is 0 Å². The van der Waals surface area contributed by atoms with E-state index < -0.39 is 0 Å². The van der Waals surface area contributed by atoms with Crippen LogP contribution >= 0.6 is 0 Å². The van der Waals surface area contributed by atoms with Gasteiger partial charge in [-0.25, -0.2) is 4.98 Å². The molecule has 0 saturated heterocycles. The number of H-pyrrole nitrogens is 1. The highest BCUT2D eigenvalue weighted by molar-refractivity contribution is 5.90. The molecule has 1 heterocycles. The molecule has 0 spiro atoms. The van der Waals surface area contributed by atoms with Crippen LogP contribution in [-0.2, 0) is 6.42 Å². The average Bonchev–Trinajstić information content (AvgIpc) is 2.78. The Morgan fingerprint density at radius 2 is 2.00 bits per heavy atom. The highest BCUT2D eigenvalue weighted by Crippen LogP contribution is 2.14. The van der Waals surface area contributed by atoms with E-state index in [0.29, 0.717) is 0 Å². The van der Waals surface area contributed by atoms with Gasteiger partial charge in [0.15, 0.2) is 0 Å². The standard InChI is InChI=1S/C12H22N4O/c1-5-8-9-13-10(16-15-9)11(17)14-12(4,6-2)7-3/h5-8H2,1-4H3,(H,14,17)(H,13,15,16). The van der Waals surface area contributed by atoms with Gasteiger partial charge in [0.1, 0.15) is 5.82 Å². The van der Waals surface area contributed by atoms with Crippen molar-refractivity contribution in [3.8, 4) is 0 Å². The summed E-state index contributed by atoms with van der Waals surface area (Å²) in [7, 11) is 0. The van der Waals surface area contributed by atoms with E-state index in [1.807, 2.05) is 6.92 Å². The maximum atomic E-state index is 11.9. The zero-order valence-electron chi connectivity index (χ0n) is 11.1. The van der Waals surface area contributed by atoms with Crippen molar-refractivity contribution in [2.75, 3.05) is 0 Å². The predicted octanol–water partition coefficient (Wildman–Crippen LogP) is 2.07. The highest BCUT2D eigenvalue weighted by Gasteiger charge is 2.24. The van der Waals surface area contributed by atoms with Crippen molar-refractivity contribution < 1.29 is 4.79 Å². The lowest BCUT2D eigenvalue weighted by Gasteiger charge is -2.27. The molecule has 1 rings (SSSR count). The Morgan fingerprint density at radius 3 is 2.53 bits per heavy atom. The van der Waals surface area contributed by atoms with E-state index in [1.54, 1.807) is 0 Å².